The number of benzene rings is 1. The number of hydrogen-bond acceptors (Lipinski definition) is 3. The van der Waals surface area contributed by atoms with E-state index in [4.69, 9.17) is 5.73 Å². The van der Waals surface area contributed by atoms with Crippen LogP contribution in [0.3, 0.4) is 0 Å². The summed E-state index contributed by atoms with van der Waals surface area (Å²) < 4.78 is 14.6. The topological polar surface area (TPSA) is 56.7 Å². The van der Waals surface area contributed by atoms with Crippen LogP contribution in [0.25, 0.3) is 11.4 Å². The molecule has 0 atom stereocenters. The first-order chi connectivity index (χ1) is 7.31. The smallest absolute Gasteiger partial charge is 0.163 e. The van der Waals surface area contributed by atoms with Gasteiger partial charge in [-0.15, -0.1) is 10.2 Å². The lowest BCUT2D eigenvalue weighted by atomic mass is 10.2. The zero-order valence-electron chi connectivity index (χ0n) is 8.10. The van der Waals surface area contributed by atoms with E-state index >= 15 is 0 Å². The quantitative estimate of drug-likeness (QED) is 0.816. The summed E-state index contributed by atoms with van der Waals surface area (Å²) in [6, 6.07) is 6.15. The molecule has 0 unspecified atom stereocenters. The molecule has 2 aromatic rings. The minimum Gasteiger partial charge on any atom is -0.329 e. The SMILES string of the molecule is NCCn1cnnc1-c1ccc(F)cc1. The van der Waals surface area contributed by atoms with E-state index in [2.05, 4.69) is 10.2 Å². The van der Waals surface area contributed by atoms with Crippen molar-refractivity contribution in [1.82, 2.24) is 14.8 Å². The molecule has 1 heterocycles. The summed E-state index contributed by atoms with van der Waals surface area (Å²) >= 11 is 0. The molecule has 0 amide bonds. The van der Waals surface area contributed by atoms with Gasteiger partial charge in [-0.3, -0.25) is 0 Å². The minimum absolute atomic E-state index is 0.261. The predicted molar refractivity (Wildman–Crippen MR) is 54.5 cm³/mol. The second-order valence-corrected chi connectivity index (χ2v) is 3.14. The third-order valence-electron chi connectivity index (χ3n) is 2.09. The molecule has 1 aromatic heterocycles. The van der Waals surface area contributed by atoms with Gasteiger partial charge in [0.05, 0.1) is 0 Å². The number of halogens is 1. The summed E-state index contributed by atoms with van der Waals surface area (Å²) in [7, 11) is 0. The summed E-state index contributed by atoms with van der Waals surface area (Å²) in [6.45, 7) is 1.17. The summed E-state index contributed by atoms with van der Waals surface area (Å²) in [5.74, 6) is 0.448. The molecule has 5 heteroatoms. The highest BCUT2D eigenvalue weighted by Gasteiger charge is 2.05. The van der Waals surface area contributed by atoms with Gasteiger partial charge >= 0.3 is 0 Å². The molecule has 1 aromatic carbocycles. The highest BCUT2D eigenvalue weighted by molar-refractivity contribution is 5.54. The molecule has 0 aliphatic carbocycles. The van der Waals surface area contributed by atoms with Crippen LogP contribution < -0.4 is 5.73 Å². The van der Waals surface area contributed by atoms with Gasteiger partial charge in [0, 0.05) is 18.7 Å². The van der Waals surface area contributed by atoms with Gasteiger partial charge in [-0.25, -0.2) is 4.39 Å². The highest BCUT2D eigenvalue weighted by Crippen LogP contribution is 2.16. The third kappa shape index (κ3) is 2.02. The van der Waals surface area contributed by atoms with E-state index in [0.29, 0.717) is 18.9 Å². The first-order valence-corrected chi connectivity index (χ1v) is 4.65. The second-order valence-electron chi connectivity index (χ2n) is 3.14. The van der Waals surface area contributed by atoms with Gasteiger partial charge in [-0.2, -0.15) is 0 Å². The monoisotopic (exact) mass is 206 g/mol. The minimum atomic E-state index is -0.261. The molecule has 0 bridgehead atoms. The van der Waals surface area contributed by atoms with E-state index in [1.807, 2.05) is 4.57 Å². The molecule has 0 saturated heterocycles. The maximum absolute atomic E-state index is 12.7. The Hall–Kier alpha value is -1.75. The highest BCUT2D eigenvalue weighted by atomic mass is 19.1. The Balaban J connectivity index is 2.36. The lowest BCUT2D eigenvalue weighted by molar-refractivity contribution is 0.628. The van der Waals surface area contributed by atoms with E-state index in [1.54, 1.807) is 18.5 Å². The van der Waals surface area contributed by atoms with Gasteiger partial charge in [0.2, 0.25) is 0 Å². The van der Waals surface area contributed by atoms with Crippen molar-refractivity contribution in [3.63, 3.8) is 0 Å². The van der Waals surface area contributed by atoms with Gasteiger partial charge < -0.3 is 10.3 Å². The molecular weight excluding hydrogens is 195 g/mol. The molecule has 0 radical (unpaired) electrons. The lowest BCUT2D eigenvalue weighted by Crippen LogP contribution is -2.10. The van der Waals surface area contributed by atoms with Crippen LogP contribution in [0.15, 0.2) is 30.6 Å². The normalized spacial score (nSPS) is 10.5. The molecule has 0 aliphatic heterocycles. The molecule has 0 aliphatic rings. The zero-order chi connectivity index (χ0) is 10.7. The molecule has 2 N–H and O–H groups in total. The Morgan fingerprint density at radius 1 is 1.27 bits per heavy atom. The summed E-state index contributed by atoms with van der Waals surface area (Å²) in [4.78, 5) is 0. The second kappa shape index (κ2) is 4.18. The fraction of sp³-hybridized carbons (Fsp3) is 0.200. The molecule has 0 fully saturated rings. The predicted octanol–water partition coefficient (Wildman–Crippen LogP) is 1.04. The van der Waals surface area contributed by atoms with E-state index < -0.39 is 0 Å². The van der Waals surface area contributed by atoms with Crippen LogP contribution in [0.1, 0.15) is 0 Å². The van der Waals surface area contributed by atoms with Crippen LogP contribution in [0, 0.1) is 5.82 Å². The number of hydrogen-bond donors (Lipinski definition) is 1. The molecule has 15 heavy (non-hydrogen) atoms. The Labute approximate surface area is 86.6 Å². The van der Waals surface area contributed by atoms with Crippen LogP contribution in [-0.4, -0.2) is 21.3 Å². The van der Waals surface area contributed by atoms with Gasteiger partial charge in [-0.1, -0.05) is 0 Å². The standard InChI is InChI=1S/C10H11FN4/c11-9-3-1-8(2-4-9)10-14-13-7-15(10)6-5-12/h1-4,7H,5-6,12H2. The molecule has 78 valence electrons. The summed E-state index contributed by atoms with van der Waals surface area (Å²) in [5.41, 5.74) is 6.29. The van der Waals surface area contributed by atoms with Crippen LogP contribution in [0.4, 0.5) is 4.39 Å². The van der Waals surface area contributed by atoms with Gasteiger partial charge in [0.1, 0.15) is 12.1 Å². The molecule has 0 spiro atoms. The van der Waals surface area contributed by atoms with Crippen molar-refractivity contribution in [2.75, 3.05) is 6.54 Å². The summed E-state index contributed by atoms with van der Waals surface area (Å²) in [5, 5.41) is 7.77. The van der Waals surface area contributed by atoms with Gasteiger partial charge in [0.15, 0.2) is 5.82 Å². The molecule has 4 nitrogen and oxygen atoms in total. The van der Waals surface area contributed by atoms with E-state index in [0.717, 1.165) is 5.56 Å². The van der Waals surface area contributed by atoms with Crippen molar-refractivity contribution in [2.45, 2.75) is 6.54 Å². The average molecular weight is 206 g/mol. The maximum Gasteiger partial charge on any atom is 0.163 e. The first kappa shape index (κ1) is 9.79. The van der Waals surface area contributed by atoms with E-state index in [-0.39, 0.29) is 5.82 Å². The number of nitrogens with zero attached hydrogens (tertiary/aromatic N) is 3. The van der Waals surface area contributed by atoms with Gasteiger partial charge in [-0.05, 0) is 24.3 Å². The molecule has 0 saturated carbocycles. The fourth-order valence-corrected chi connectivity index (χ4v) is 1.38. The molecular formula is C10H11FN4. The lowest BCUT2D eigenvalue weighted by Gasteiger charge is -2.04. The third-order valence-corrected chi connectivity index (χ3v) is 2.09. The maximum atomic E-state index is 12.7. The van der Waals surface area contributed by atoms with Crippen molar-refractivity contribution < 1.29 is 4.39 Å². The number of nitrogens with two attached hydrogens (primary N) is 1. The van der Waals surface area contributed by atoms with Crippen LogP contribution in [-0.2, 0) is 6.54 Å². The zero-order valence-corrected chi connectivity index (χ0v) is 8.10. The number of rotatable bonds is 3. The fourth-order valence-electron chi connectivity index (χ4n) is 1.38. The van der Waals surface area contributed by atoms with Crippen molar-refractivity contribution in [3.8, 4) is 11.4 Å². The Morgan fingerprint density at radius 2 is 2.00 bits per heavy atom. The van der Waals surface area contributed by atoms with Crippen LogP contribution in [0.2, 0.25) is 0 Å². The Kier molecular flexibility index (Phi) is 2.73. The van der Waals surface area contributed by atoms with Crippen molar-refractivity contribution in [1.29, 1.82) is 0 Å². The first-order valence-electron chi connectivity index (χ1n) is 4.65. The van der Waals surface area contributed by atoms with Crippen molar-refractivity contribution >= 4 is 0 Å². The Morgan fingerprint density at radius 3 is 2.67 bits per heavy atom. The van der Waals surface area contributed by atoms with E-state index in [9.17, 15) is 4.39 Å². The largest absolute Gasteiger partial charge is 0.329 e. The van der Waals surface area contributed by atoms with Crippen molar-refractivity contribution in [3.05, 3.63) is 36.4 Å². The van der Waals surface area contributed by atoms with Crippen molar-refractivity contribution in [2.24, 2.45) is 5.73 Å². The van der Waals surface area contributed by atoms with Crippen LogP contribution >= 0.6 is 0 Å². The van der Waals surface area contributed by atoms with Gasteiger partial charge in [0.25, 0.3) is 0 Å². The molecule has 2 rings (SSSR count). The Bertz CT molecular complexity index is 435. The summed E-state index contributed by atoms with van der Waals surface area (Å²) in [6.07, 6.45) is 1.62. The van der Waals surface area contributed by atoms with Crippen LogP contribution in [0.5, 0.6) is 0 Å². The average Bonchev–Trinajstić information content (AvgIpc) is 2.68. The number of aromatic nitrogens is 3. The van der Waals surface area contributed by atoms with E-state index in [1.165, 1.54) is 12.1 Å².